The Morgan fingerprint density at radius 1 is 0.681 bits per heavy atom. The monoisotopic (exact) mass is 668 g/mol. The van der Waals surface area contributed by atoms with Crippen LogP contribution in [0.15, 0.2) is 0 Å². The van der Waals surface area contributed by atoms with E-state index >= 15 is 0 Å². The van der Waals surface area contributed by atoms with Crippen LogP contribution in [-0.2, 0) is 14.4 Å². The predicted molar refractivity (Wildman–Crippen MR) is 191 cm³/mol. The molecular formula is C38H73N3O6. The van der Waals surface area contributed by atoms with Crippen LogP contribution < -0.4 is 16.4 Å². The number of rotatable bonds is 17. The van der Waals surface area contributed by atoms with Gasteiger partial charge >= 0.3 is 17.9 Å². The van der Waals surface area contributed by atoms with E-state index in [-0.39, 0.29) is 19.3 Å². The van der Waals surface area contributed by atoms with E-state index in [1.54, 1.807) is 20.8 Å². The molecule has 4 fully saturated rings. The maximum absolute atomic E-state index is 9.37. The molecule has 0 heterocycles. The molecule has 4 rings (SSSR count). The van der Waals surface area contributed by atoms with Crippen molar-refractivity contribution in [3.8, 4) is 0 Å². The second-order valence-corrected chi connectivity index (χ2v) is 15.7. The summed E-state index contributed by atoms with van der Waals surface area (Å²) in [5.74, 6) is 3.81. The van der Waals surface area contributed by atoms with Crippen molar-refractivity contribution < 1.29 is 29.7 Å². The predicted octanol–water partition coefficient (Wildman–Crippen LogP) is 7.42. The molecule has 6 unspecified atom stereocenters. The lowest BCUT2D eigenvalue weighted by Crippen LogP contribution is -2.37. The van der Waals surface area contributed by atoms with Crippen molar-refractivity contribution in [2.24, 2.45) is 52.1 Å². The maximum atomic E-state index is 9.37. The van der Waals surface area contributed by atoms with Crippen LogP contribution in [0.2, 0.25) is 0 Å². The number of fused-ring (bicyclic) bond motifs is 4. The molecule has 7 N–H and O–H groups in total. The number of carbonyl (C=O) groups is 3. The Hall–Kier alpha value is -1.71. The summed E-state index contributed by atoms with van der Waals surface area (Å²) in [6, 6.07) is 0.726. The molecule has 0 aromatic rings. The van der Waals surface area contributed by atoms with Gasteiger partial charge in [0.25, 0.3) is 0 Å². The zero-order chi connectivity index (χ0) is 35.6. The zero-order valence-electron chi connectivity index (χ0n) is 31.1. The molecule has 4 saturated carbocycles. The van der Waals surface area contributed by atoms with Gasteiger partial charge in [0, 0.05) is 25.3 Å². The maximum Gasteiger partial charge on any atom is 0.303 e. The highest BCUT2D eigenvalue weighted by molar-refractivity contribution is 5.66. The minimum Gasteiger partial charge on any atom is -0.481 e. The highest BCUT2D eigenvalue weighted by atomic mass is 16.4. The number of carboxylic acid groups (broad SMARTS) is 3. The lowest BCUT2D eigenvalue weighted by atomic mass is 9.66. The van der Waals surface area contributed by atoms with Gasteiger partial charge in [-0.1, -0.05) is 48.5 Å². The van der Waals surface area contributed by atoms with Gasteiger partial charge in [-0.15, -0.1) is 0 Å². The van der Waals surface area contributed by atoms with Crippen molar-refractivity contribution in [1.29, 1.82) is 0 Å². The molecule has 0 aromatic carbocycles. The molecule has 0 amide bonds. The van der Waals surface area contributed by atoms with Crippen LogP contribution in [-0.4, -0.2) is 65.4 Å². The SMILES string of the molecule is CC1(C)C2CCC(C2)C1CCC(CCC1C2CCC(C2)C1(C)C)NCCCNCCCN.CCC(=O)O.CCC(=O)O.CCC(=O)O. The second-order valence-electron chi connectivity index (χ2n) is 15.7. The molecule has 6 atom stereocenters. The number of aliphatic carboxylic acids is 3. The van der Waals surface area contributed by atoms with E-state index in [1.807, 2.05) is 0 Å². The Morgan fingerprint density at radius 3 is 1.38 bits per heavy atom. The van der Waals surface area contributed by atoms with E-state index in [2.05, 4.69) is 38.3 Å². The first kappa shape index (κ1) is 43.3. The highest BCUT2D eigenvalue weighted by Crippen LogP contribution is 2.62. The summed E-state index contributed by atoms with van der Waals surface area (Å²) in [5.41, 5.74) is 6.79. The van der Waals surface area contributed by atoms with Crippen molar-refractivity contribution in [2.75, 3.05) is 26.2 Å². The fourth-order valence-electron chi connectivity index (χ4n) is 9.13. The van der Waals surface area contributed by atoms with Crippen LogP contribution in [0.4, 0.5) is 0 Å². The van der Waals surface area contributed by atoms with Gasteiger partial charge in [-0.25, -0.2) is 0 Å². The van der Waals surface area contributed by atoms with Gasteiger partial charge in [0.1, 0.15) is 0 Å². The van der Waals surface area contributed by atoms with Crippen molar-refractivity contribution in [3.63, 3.8) is 0 Å². The van der Waals surface area contributed by atoms with E-state index in [0.717, 1.165) is 67.6 Å². The third kappa shape index (κ3) is 14.7. The average molecular weight is 668 g/mol. The van der Waals surface area contributed by atoms with E-state index in [1.165, 1.54) is 77.2 Å². The third-order valence-electron chi connectivity index (χ3n) is 12.2. The van der Waals surface area contributed by atoms with Crippen LogP contribution in [0.25, 0.3) is 0 Å². The van der Waals surface area contributed by atoms with Crippen molar-refractivity contribution in [3.05, 3.63) is 0 Å². The Labute approximate surface area is 287 Å². The lowest BCUT2D eigenvalue weighted by Gasteiger charge is -2.40. The van der Waals surface area contributed by atoms with E-state index in [4.69, 9.17) is 21.1 Å². The fourth-order valence-corrected chi connectivity index (χ4v) is 9.13. The topological polar surface area (TPSA) is 162 Å². The van der Waals surface area contributed by atoms with E-state index in [9.17, 15) is 14.4 Å². The number of carboxylic acids is 3. The van der Waals surface area contributed by atoms with Gasteiger partial charge in [0.15, 0.2) is 0 Å². The van der Waals surface area contributed by atoms with E-state index in [0.29, 0.717) is 10.8 Å². The van der Waals surface area contributed by atoms with Crippen molar-refractivity contribution >= 4 is 17.9 Å². The van der Waals surface area contributed by atoms with Gasteiger partial charge in [0.05, 0.1) is 0 Å². The second kappa shape index (κ2) is 22.1. The van der Waals surface area contributed by atoms with Gasteiger partial charge in [-0.3, -0.25) is 14.4 Å². The summed E-state index contributed by atoms with van der Waals surface area (Å²) in [6.45, 7) is 19.3. The molecule has 0 aliphatic heterocycles. The Bertz CT molecular complexity index is 835. The number of hydrogen-bond acceptors (Lipinski definition) is 6. The van der Waals surface area contributed by atoms with Gasteiger partial charge in [-0.2, -0.15) is 0 Å². The van der Waals surface area contributed by atoms with Crippen LogP contribution in [0.1, 0.15) is 145 Å². The van der Waals surface area contributed by atoms with Crippen LogP contribution in [0.3, 0.4) is 0 Å². The molecule has 4 aliphatic rings. The molecular weight excluding hydrogens is 594 g/mol. The minimum absolute atomic E-state index is 0.222. The quantitative estimate of drug-likeness (QED) is 0.0867. The summed E-state index contributed by atoms with van der Waals surface area (Å²) in [5, 5.41) is 30.8. The van der Waals surface area contributed by atoms with Gasteiger partial charge < -0.3 is 31.7 Å². The number of nitrogens with one attached hydrogen (secondary N) is 2. The molecule has 0 aromatic heterocycles. The highest BCUT2D eigenvalue weighted by Gasteiger charge is 2.53. The molecule has 9 heteroatoms. The van der Waals surface area contributed by atoms with Gasteiger partial charge in [-0.05, 0) is 150 Å². The standard InChI is InChI=1S/C29H55N3.3C3H6O2/c1-28(2)23-9-7-21(19-23)26(28)13-11-25(32-18-6-17-31-16-5-15-30)12-14-27-22-8-10-24(20-22)29(27,3)4;3*1-2-3(4)5/h21-27,31-32H,5-20,30H2,1-4H3;3*2H2,1H3,(H,4,5). The average Bonchev–Trinajstić information content (AvgIpc) is 3.80. The number of nitrogens with two attached hydrogens (primary N) is 1. The number of hydrogen-bond donors (Lipinski definition) is 6. The summed E-state index contributed by atoms with van der Waals surface area (Å²) >= 11 is 0. The molecule has 0 spiro atoms. The molecule has 9 nitrogen and oxygen atoms in total. The molecule has 47 heavy (non-hydrogen) atoms. The van der Waals surface area contributed by atoms with E-state index < -0.39 is 17.9 Å². The molecule has 0 radical (unpaired) electrons. The third-order valence-corrected chi connectivity index (χ3v) is 12.2. The molecule has 0 saturated heterocycles. The first-order valence-electron chi connectivity index (χ1n) is 18.9. The first-order valence-corrected chi connectivity index (χ1v) is 18.9. The smallest absolute Gasteiger partial charge is 0.303 e. The zero-order valence-corrected chi connectivity index (χ0v) is 31.1. The van der Waals surface area contributed by atoms with Crippen molar-refractivity contribution in [1.82, 2.24) is 10.6 Å². The molecule has 4 bridgehead atoms. The van der Waals surface area contributed by atoms with Crippen molar-refractivity contribution in [2.45, 2.75) is 151 Å². The molecule has 4 aliphatic carbocycles. The fraction of sp³-hybridized carbons (Fsp3) is 0.921. The molecule has 276 valence electrons. The first-order chi connectivity index (χ1) is 22.1. The normalized spacial score (nSPS) is 27.8. The van der Waals surface area contributed by atoms with Crippen LogP contribution in [0.5, 0.6) is 0 Å². The van der Waals surface area contributed by atoms with Crippen LogP contribution in [0, 0.1) is 46.3 Å². The summed E-state index contributed by atoms with van der Waals surface area (Å²) in [7, 11) is 0. The Balaban J connectivity index is 0.000000615. The minimum atomic E-state index is -0.745. The Kier molecular flexibility index (Phi) is 20.4. The lowest BCUT2D eigenvalue weighted by molar-refractivity contribution is -0.137. The van der Waals surface area contributed by atoms with Gasteiger partial charge in [0.2, 0.25) is 0 Å². The summed E-state index contributed by atoms with van der Waals surface area (Å²) in [4.78, 5) is 28.1. The van der Waals surface area contributed by atoms with Crippen LogP contribution >= 0.6 is 0 Å². The summed E-state index contributed by atoms with van der Waals surface area (Å²) < 4.78 is 0. The largest absolute Gasteiger partial charge is 0.481 e. The summed E-state index contributed by atoms with van der Waals surface area (Å²) in [6.07, 6.45) is 17.8. The Morgan fingerprint density at radius 2 is 1.06 bits per heavy atom.